The number of hydrogen-bond donors (Lipinski definition) is 1. The minimum atomic E-state index is -1.36. The quantitative estimate of drug-likeness (QED) is 0.912. The van der Waals surface area contributed by atoms with Crippen LogP contribution in [0.3, 0.4) is 0 Å². The van der Waals surface area contributed by atoms with Crippen LogP contribution >= 0.6 is 0 Å². The fraction of sp³-hybridized carbons (Fsp3) is 0.462. The molecule has 4 nitrogen and oxygen atoms in total. The molecule has 1 aliphatic rings. The van der Waals surface area contributed by atoms with E-state index in [2.05, 4.69) is 0 Å². The van der Waals surface area contributed by atoms with Crippen LogP contribution in [-0.4, -0.2) is 37.4 Å². The van der Waals surface area contributed by atoms with Crippen molar-refractivity contribution in [2.24, 2.45) is 0 Å². The Bertz CT molecular complexity index is 464. The monoisotopic (exact) mass is 271 g/mol. The summed E-state index contributed by atoms with van der Waals surface area (Å²) in [5.41, 5.74) is -0.621. The number of likely N-dealkylation sites (N-methyl/N-ethyl adjacent to an activating group) is 1. The first-order valence-corrected chi connectivity index (χ1v) is 6.04. The Kier molecular flexibility index (Phi) is 3.99. The van der Waals surface area contributed by atoms with Gasteiger partial charge in [0, 0.05) is 20.2 Å². The summed E-state index contributed by atoms with van der Waals surface area (Å²) in [7, 11) is 1.56. The molecule has 0 saturated carbocycles. The number of nitrogens with zero attached hydrogens (tertiary/aromatic N) is 1. The van der Waals surface area contributed by atoms with Crippen molar-refractivity contribution in [3.05, 3.63) is 29.3 Å². The number of halogens is 2. The van der Waals surface area contributed by atoms with Crippen LogP contribution in [0.15, 0.2) is 12.1 Å². The van der Waals surface area contributed by atoms with Gasteiger partial charge in [-0.05, 0) is 25.0 Å². The first-order valence-electron chi connectivity index (χ1n) is 6.04. The Hall–Kier alpha value is -1.69. The molecule has 0 aromatic heterocycles. The van der Waals surface area contributed by atoms with E-state index < -0.39 is 23.2 Å². The van der Waals surface area contributed by atoms with Crippen molar-refractivity contribution in [1.29, 1.82) is 0 Å². The van der Waals surface area contributed by atoms with E-state index in [1.807, 2.05) is 0 Å². The summed E-state index contributed by atoms with van der Waals surface area (Å²) < 4.78 is 33.0. The van der Waals surface area contributed by atoms with Crippen molar-refractivity contribution in [1.82, 2.24) is 0 Å². The maximum Gasteiger partial charge on any atom is 0.335 e. The highest BCUT2D eigenvalue weighted by atomic mass is 19.1. The first kappa shape index (κ1) is 13.7. The van der Waals surface area contributed by atoms with Crippen molar-refractivity contribution in [2.75, 3.05) is 25.1 Å². The summed E-state index contributed by atoms with van der Waals surface area (Å²) in [5, 5.41) is 8.73. The van der Waals surface area contributed by atoms with E-state index in [9.17, 15) is 13.6 Å². The lowest BCUT2D eigenvalue weighted by Crippen LogP contribution is -2.30. The minimum Gasteiger partial charge on any atom is -0.478 e. The number of benzene rings is 1. The number of anilines is 1. The zero-order chi connectivity index (χ0) is 14.0. The van der Waals surface area contributed by atoms with Crippen molar-refractivity contribution in [2.45, 2.75) is 18.9 Å². The molecule has 1 unspecified atom stereocenters. The average Bonchev–Trinajstić information content (AvgIpc) is 2.80. The Morgan fingerprint density at radius 2 is 2.11 bits per heavy atom. The van der Waals surface area contributed by atoms with Gasteiger partial charge in [-0.1, -0.05) is 0 Å². The van der Waals surface area contributed by atoms with Crippen LogP contribution in [0.4, 0.5) is 14.5 Å². The third-order valence-electron chi connectivity index (χ3n) is 3.15. The summed E-state index contributed by atoms with van der Waals surface area (Å²) in [4.78, 5) is 12.1. The van der Waals surface area contributed by atoms with Gasteiger partial charge in [0.25, 0.3) is 0 Å². The molecule has 0 amide bonds. The fourth-order valence-electron chi connectivity index (χ4n) is 2.24. The van der Waals surface area contributed by atoms with Crippen LogP contribution < -0.4 is 4.90 Å². The van der Waals surface area contributed by atoms with Crippen molar-refractivity contribution in [3.8, 4) is 0 Å². The van der Waals surface area contributed by atoms with Crippen LogP contribution in [0.25, 0.3) is 0 Å². The fourth-order valence-corrected chi connectivity index (χ4v) is 2.24. The number of aromatic carboxylic acids is 1. The highest BCUT2D eigenvalue weighted by Crippen LogP contribution is 2.25. The zero-order valence-electron chi connectivity index (χ0n) is 10.5. The molecule has 1 saturated heterocycles. The number of ether oxygens (including phenoxy) is 1. The zero-order valence-corrected chi connectivity index (χ0v) is 10.5. The summed E-state index contributed by atoms with van der Waals surface area (Å²) in [6, 6.07) is 1.65. The lowest BCUT2D eigenvalue weighted by Gasteiger charge is -2.23. The van der Waals surface area contributed by atoms with Gasteiger partial charge in [0.1, 0.15) is 17.3 Å². The van der Waals surface area contributed by atoms with Crippen LogP contribution in [0.2, 0.25) is 0 Å². The second-order valence-electron chi connectivity index (χ2n) is 4.61. The van der Waals surface area contributed by atoms with Crippen molar-refractivity contribution >= 4 is 11.7 Å². The molecule has 1 aliphatic heterocycles. The highest BCUT2D eigenvalue weighted by Gasteiger charge is 2.22. The molecule has 2 rings (SSSR count). The summed E-state index contributed by atoms with van der Waals surface area (Å²) in [6.07, 6.45) is 1.77. The molecule has 1 fully saturated rings. The summed E-state index contributed by atoms with van der Waals surface area (Å²) in [5.74, 6) is -3.11. The number of rotatable bonds is 4. The molecule has 1 N–H and O–H groups in total. The molecule has 1 aromatic rings. The van der Waals surface area contributed by atoms with E-state index in [0.717, 1.165) is 25.0 Å². The SMILES string of the molecule is CN(CC1CCCO1)c1c(F)cc(C(=O)O)cc1F. The van der Waals surface area contributed by atoms with Crippen LogP contribution in [0.5, 0.6) is 0 Å². The first-order chi connectivity index (χ1) is 8.99. The molecule has 1 atom stereocenters. The standard InChI is InChI=1S/C13H15F2NO3/c1-16(7-9-3-2-4-19-9)12-10(14)5-8(13(17)18)6-11(12)15/h5-6,9H,2-4,7H2,1H3,(H,17,18). The maximum atomic E-state index is 13.8. The molecule has 1 heterocycles. The number of carboxylic acid groups (broad SMARTS) is 1. The molecule has 0 radical (unpaired) electrons. The van der Waals surface area contributed by atoms with E-state index in [0.29, 0.717) is 13.2 Å². The topological polar surface area (TPSA) is 49.8 Å². The molecule has 19 heavy (non-hydrogen) atoms. The Morgan fingerprint density at radius 3 is 2.58 bits per heavy atom. The molecule has 0 aliphatic carbocycles. The maximum absolute atomic E-state index is 13.8. The molecule has 0 spiro atoms. The van der Waals surface area contributed by atoms with Crippen molar-refractivity contribution in [3.63, 3.8) is 0 Å². The van der Waals surface area contributed by atoms with E-state index in [1.54, 1.807) is 7.05 Å². The molecular weight excluding hydrogens is 256 g/mol. The largest absolute Gasteiger partial charge is 0.478 e. The predicted octanol–water partition coefficient (Wildman–Crippen LogP) is 2.28. The highest BCUT2D eigenvalue weighted by molar-refractivity contribution is 5.88. The third kappa shape index (κ3) is 3.01. The second kappa shape index (κ2) is 5.52. The van der Waals surface area contributed by atoms with Gasteiger partial charge in [-0.3, -0.25) is 0 Å². The number of hydrogen-bond acceptors (Lipinski definition) is 3. The molecular formula is C13H15F2NO3. The van der Waals surface area contributed by atoms with Crippen LogP contribution in [0, 0.1) is 11.6 Å². The summed E-state index contributed by atoms with van der Waals surface area (Å²) in [6.45, 7) is 1.04. The van der Waals surface area contributed by atoms with Gasteiger partial charge in [0.05, 0.1) is 11.7 Å². The van der Waals surface area contributed by atoms with E-state index >= 15 is 0 Å². The van der Waals surface area contributed by atoms with Gasteiger partial charge in [0.2, 0.25) is 0 Å². The smallest absolute Gasteiger partial charge is 0.335 e. The Balaban J connectivity index is 2.21. The molecule has 6 heteroatoms. The predicted molar refractivity (Wildman–Crippen MR) is 65.6 cm³/mol. The van der Waals surface area contributed by atoms with E-state index in [4.69, 9.17) is 9.84 Å². The van der Waals surface area contributed by atoms with Gasteiger partial charge < -0.3 is 14.7 Å². The van der Waals surface area contributed by atoms with E-state index in [-0.39, 0.29) is 11.8 Å². The molecule has 0 bridgehead atoms. The van der Waals surface area contributed by atoms with E-state index in [1.165, 1.54) is 4.90 Å². The van der Waals surface area contributed by atoms with Crippen LogP contribution in [-0.2, 0) is 4.74 Å². The normalized spacial score (nSPS) is 18.6. The van der Waals surface area contributed by atoms with Crippen LogP contribution in [0.1, 0.15) is 23.2 Å². The van der Waals surface area contributed by atoms with Crippen molar-refractivity contribution < 1.29 is 23.4 Å². The lowest BCUT2D eigenvalue weighted by molar-refractivity contribution is 0.0695. The average molecular weight is 271 g/mol. The molecule has 1 aromatic carbocycles. The lowest BCUT2D eigenvalue weighted by atomic mass is 10.1. The van der Waals surface area contributed by atoms with Gasteiger partial charge in [-0.15, -0.1) is 0 Å². The van der Waals surface area contributed by atoms with Gasteiger partial charge in [-0.25, -0.2) is 13.6 Å². The Morgan fingerprint density at radius 1 is 1.47 bits per heavy atom. The minimum absolute atomic E-state index is 0.0389. The molecule has 104 valence electrons. The number of carbonyl (C=O) groups is 1. The second-order valence-corrected chi connectivity index (χ2v) is 4.61. The number of carboxylic acids is 1. The van der Waals surface area contributed by atoms with Gasteiger partial charge >= 0.3 is 5.97 Å². The third-order valence-corrected chi connectivity index (χ3v) is 3.15. The van der Waals surface area contributed by atoms with Gasteiger partial charge in [0.15, 0.2) is 0 Å². The van der Waals surface area contributed by atoms with Gasteiger partial charge in [-0.2, -0.15) is 0 Å². The summed E-state index contributed by atoms with van der Waals surface area (Å²) >= 11 is 0. The Labute approximate surface area is 109 Å².